The van der Waals surface area contributed by atoms with Gasteiger partial charge in [0.05, 0.1) is 4.90 Å². The fraction of sp³-hybridized carbons (Fsp3) is 0.263. The largest absolute Gasteiger partial charge is 0.480 e. The summed E-state index contributed by atoms with van der Waals surface area (Å²) < 4.78 is 30.8. The molecule has 2 aromatic rings. The van der Waals surface area contributed by atoms with E-state index in [0.29, 0.717) is 0 Å². The van der Waals surface area contributed by atoms with E-state index in [4.69, 9.17) is 9.84 Å². The first-order valence-corrected chi connectivity index (χ1v) is 10.3. The van der Waals surface area contributed by atoms with E-state index in [-0.39, 0.29) is 23.6 Å². The van der Waals surface area contributed by atoms with Crippen LogP contribution in [0.2, 0.25) is 0 Å². The number of benzene rings is 2. The number of carboxylic acids is 1. The summed E-state index contributed by atoms with van der Waals surface area (Å²) in [6.45, 7) is -1.01. The summed E-state index contributed by atoms with van der Waals surface area (Å²) in [5, 5.41) is 31.1. The number of carbonyl (C=O) groups is 2. The van der Waals surface area contributed by atoms with Gasteiger partial charge >= 0.3 is 12.1 Å². The van der Waals surface area contributed by atoms with Gasteiger partial charge < -0.3 is 25.4 Å². The highest BCUT2D eigenvalue weighted by Gasteiger charge is 2.21. The highest BCUT2D eigenvalue weighted by molar-refractivity contribution is 7.89. The predicted octanol–water partition coefficient (Wildman–Crippen LogP) is 0.370. The monoisotopic (exact) mass is 438 g/mol. The van der Waals surface area contributed by atoms with Crippen LogP contribution in [0.1, 0.15) is 17.2 Å². The first-order chi connectivity index (χ1) is 14.2. The number of ether oxygens (including phenoxy) is 1. The van der Waals surface area contributed by atoms with Crippen LogP contribution in [0.3, 0.4) is 0 Å². The van der Waals surface area contributed by atoms with E-state index in [9.17, 15) is 28.2 Å². The Morgan fingerprint density at radius 1 is 1.00 bits per heavy atom. The number of nitrogens with one attached hydrogen (secondary N) is 2. The van der Waals surface area contributed by atoms with Crippen molar-refractivity contribution >= 4 is 22.1 Å². The van der Waals surface area contributed by atoms with Crippen molar-refractivity contribution in [3.8, 4) is 0 Å². The molecule has 0 heterocycles. The Morgan fingerprint density at radius 2 is 1.63 bits per heavy atom. The molecule has 0 radical (unpaired) electrons. The Labute approximate surface area is 173 Å². The van der Waals surface area contributed by atoms with Crippen LogP contribution >= 0.6 is 0 Å². The van der Waals surface area contributed by atoms with Crippen molar-refractivity contribution in [2.75, 3.05) is 13.1 Å². The van der Waals surface area contributed by atoms with Crippen LogP contribution in [-0.4, -0.2) is 55.0 Å². The number of aliphatic hydroxyl groups is 2. The number of amides is 1. The first-order valence-electron chi connectivity index (χ1n) is 8.81. The van der Waals surface area contributed by atoms with Crippen molar-refractivity contribution in [3.63, 3.8) is 0 Å². The Kier molecular flexibility index (Phi) is 8.30. The van der Waals surface area contributed by atoms with Gasteiger partial charge in [-0.05, 0) is 23.3 Å². The van der Waals surface area contributed by atoms with Crippen LogP contribution in [0.5, 0.6) is 0 Å². The molecule has 30 heavy (non-hydrogen) atoms. The van der Waals surface area contributed by atoms with Gasteiger partial charge in [-0.15, -0.1) is 0 Å². The van der Waals surface area contributed by atoms with Crippen molar-refractivity contribution < 1.29 is 38.1 Å². The van der Waals surface area contributed by atoms with Gasteiger partial charge in [0.1, 0.15) is 25.4 Å². The summed E-state index contributed by atoms with van der Waals surface area (Å²) in [6.07, 6.45) is -3.54. The quantitative estimate of drug-likeness (QED) is 0.355. The highest BCUT2D eigenvalue weighted by Crippen LogP contribution is 2.19. The molecular formula is C19H22N2O8S. The normalized spacial score (nSPS) is 13.3. The van der Waals surface area contributed by atoms with E-state index in [2.05, 4.69) is 5.32 Å². The number of aliphatic carboxylic acids is 1. The van der Waals surface area contributed by atoms with Gasteiger partial charge in [0.15, 0.2) is 0 Å². The summed E-state index contributed by atoms with van der Waals surface area (Å²) >= 11 is 0. The van der Waals surface area contributed by atoms with Crippen LogP contribution < -0.4 is 10.0 Å². The van der Waals surface area contributed by atoms with E-state index >= 15 is 0 Å². The molecular weight excluding hydrogens is 416 g/mol. The minimum Gasteiger partial charge on any atom is -0.480 e. The van der Waals surface area contributed by atoms with Gasteiger partial charge in [0, 0.05) is 6.54 Å². The molecule has 0 saturated heterocycles. The predicted molar refractivity (Wildman–Crippen MR) is 105 cm³/mol. The third kappa shape index (κ3) is 7.12. The van der Waals surface area contributed by atoms with Gasteiger partial charge in [0.2, 0.25) is 10.0 Å². The third-order valence-corrected chi connectivity index (χ3v) is 5.40. The maximum atomic E-state index is 11.9. The summed E-state index contributed by atoms with van der Waals surface area (Å²) in [7, 11) is -4.02. The fourth-order valence-corrected chi connectivity index (χ4v) is 3.35. The average Bonchev–Trinajstić information content (AvgIpc) is 2.75. The van der Waals surface area contributed by atoms with E-state index in [1.54, 1.807) is 24.3 Å². The van der Waals surface area contributed by atoms with Gasteiger partial charge in [0.25, 0.3) is 0 Å². The molecule has 0 fully saturated rings. The first kappa shape index (κ1) is 23.3. The van der Waals surface area contributed by atoms with Crippen molar-refractivity contribution in [1.82, 2.24) is 10.0 Å². The summed E-state index contributed by atoms with van der Waals surface area (Å²) in [4.78, 5) is 22.0. The van der Waals surface area contributed by atoms with Crippen molar-refractivity contribution in [2.45, 2.75) is 23.7 Å². The molecule has 0 spiro atoms. The SMILES string of the molecule is O=C(O)CNS(=O)(=O)c1ccc(C(O)C(O)CNC(=O)OCc2ccccc2)cc1. The lowest BCUT2D eigenvalue weighted by molar-refractivity contribution is -0.135. The van der Waals surface area contributed by atoms with Crippen LogP contribution in [0.15, 0.2) is 59.5 Å². The summed E-state index contributed by atoms with van der Waals surface area (Å²) in [6, 6.07) is 13.9. The molecule has 0 aliphatic carbocycles. The zero-order valence-corrected chi connectivity index (χ0v) is 16.6. The molecule has 0 aliphatic rings. The molecule has 0 saturated carbocycles. The molecule has 0 bridgehead atoms. The lowest BCUT2D eigenvalue weighted by atomic mass is 10.0. The number of carbonyl (C=O) groups excluding carboxylic acids is 1. The van der Waals surface area contributed by atoms with Crippen LogP contribution in [0, 0.1) is 0 Å². The third-order valence-electron chi connectivity index (χ3n) is 3.98. The van der Waals surface area contributed by atoms with Crippen LogP contribution in [0.4, 0.5) is 4.79 Å². The highest BCUT2D eigenvalue weighted by atomic mass is 32.2. The number of alkyl carbamates (subject to hydrolysis) is 1. The Bertz CT molecular complexity index is 948. The summed E-state index contributed by atoms with van der Waals surface area (Å²) in [5.41, 5.74) is 1.00. The Hall–Kier alpha value is -2.99. The zero-order chi connectivity index (χ0) is 22.1. The molecule has 2 atom stereocenters. The second kappa shape index (κ2) is 10.7. The molecule has 0 aromatic heterocycles. The fourth-order valence-electron chi connectivity index (χ4n) is 2.38. The standard InChI is InChI=1S/C19H22N2O8S/c22-16(10-20-19(26)29-12-13-4-2-1-3-5-13)18(25)14-6-8-15(9-7-14)30(27,28)21-11-17(23)24/h1-9,16,18,21-22,25H,10-12H2,(H,20,26)(H,23,24). The van der Waals surface area contributed by atoms with E-state index < -0.39 is 40.8 Å². The smallest absolute Gasteiger partial charge is 0.407 e. The lowest BCUT2D eigenvalue weighted by Crippen LogP contribution is -2.35. The minimum atomic E-state index is -4.02. The summed E-state index contributed by atoms with van der Waals surface area (Å²) in [5.74, 6) is -1.33. The topological polar surface area (TPSA) is 162 Å². The Balaban J connectivity index is 1.85. The maximum absolute atomic E-state index is 11.9. The lowest BCUT2D eigenvalue weighted by Gasteiger charge is -2.19. The zero-order valence-electron chi connectivity index (χ0n) is 15.8. The molecule has 2 aromatic carbocycles. The number of aliphatic hydroxyl groups excluding tert-OH is 2. The van der Waals surface area contributed by atoms with Crippen molar-refractivity contribution in [3.05, 3.63) is 65.7 Å². The van der Waals surface area contributed by atoms with E-state index in [1.165, 1.54) is 12.1 Å². The van der Waals surface area contributed by atoms with Gasteiger partial charge in [-0.25, -0.2) is 13.2 Å². The van der Waals surface area contributed by atoms with Gasteiger partial charge in [-0.3, -0.25) is 4.79 Å². The number of sulfonamides is 1. The van der Waals surface area contributed by atoms with Crippen molar-refractivity contribution in [2.24, 2.45) is 0 Å². The van der Waals surface area contributed by atoms with Crippen molar-refractivity contribution in [1.29, 1.82) is 0 Å². The number of hydrogen-bond acceptors (Lipinski definition) is 7. The second-order valence-electron chi connectivity index (χ2n) is 6.24. The Morgan fingerprint density at radius 3 is 2.23 bits per heavy atom. The molecule has 11 heteroatoms. The number of rotatable bonds is 10. The molecule has 10 nitrogen and oxygen atoms in total. The molecule has 2 rings (SSSR count). The van der Waals surface area contributed by atoms with Crippen LogP contribution in [-0.2, 0) is 26.2 Å². The maximum Gasteiger partial charge on any atom is 0.407 e. The van der Waals surface area contributed by atoms with Gasteiger partial charge in [-0.1, -0.05) is 42.5 Å². The second-order valence-corrected chi connectivity index (χ2v) is 8.01. The van der Waals surface area contributed by atoms with E-state index in [0.717, 1.165) is 17.7 Å². The molecule has 0 aliphatic heterocycles. The molecule has 5 N–H and O–H groups in total. The number of carboxylic acid groups (broad SMARTS) is 1. The minimum absolute atomic E-state index is 0.0527. The average molecular weight is 438 g/mol. The van der Waals surface area contributed by atoms with E-state index in [1.807, 2.05) is 10.8 Å². The molecule has 1 amide bonds. The molecule has 162 valence electrons. The molecule has 2 unspecified atom stereocenters. The number of hydrogen-bond donors (Lipinski definition) is 5. The van der Waals surface area contributed by atoms with Gasteiger partial charge in [-0.2, -0.15) is 4.72 Å². The van der Waals surface area contributed by atoms with Crippen LogP contribution in [0.25, 0.3) is 0 Å².